The number of aromatic nitrogens is 3. The highest BCUT2D eigenvalue weighted by Gasteiger charge is 2.23. The molecule has 0 fully saturated rings. The van der Waals surface area contributed by atoms with Crippen LogP contribution < -0.4 is 10.1 Å². The van der Waals surface area contributed by atoms with E-state index >= 15 is 0 Å². The number of rotatable bonds is 6. The standard InChI is InChI=1S/C21H26N4O3/c1-12-8-7-9-19(13(12)2)27-11-18-16(5)28-24-20(18)21(26)22-14(3)17-10-25(6)23-15(17)4/h7-10,14H,11H2,1-6H3,(H,22,26). The maximum absolute atomic E-state index is 12.8. The van der Waals surface area contributed by atoms with Crippen LogP contribution in [0.25, 0.3) is 0 Å². The van der Waals surface area contributed by atoms with Crippen molar-refractivity contribution in [3.05, 3.63) is 63.8 Å². The first-order valence-corrected chi connectivity index (χ1v) is 9.23. The molecule has 0 saturated heterocycles. The highest BCUT2D eigenvalue weighted by Crippen LogP contribution is 2.24. The molecule has 1 amide bonds. The Labute approximate surface area is 164 Å². The topological polar surface area (TPSA) is 82.2 Å². The molecule has 0 radical (unpaired) electrons. The number of nitrogens with one attached hydrogen (secondary N) is 1. The molecule has 2 aromatic heterocycles. The molecule has 1 atom stereocenters. The summed E-state index contributed by atoms with van der Waals surface area (Å²) in [6.07, 6.45) is 1.90. The summed E-state index contributed by atoms with van der Waals surface area (Å²) in [7, 11) is 1.86. The summed E-state index contributed by atoms with van der Waals surface area (Å²) >= 11 is 0. The van der Waals surface area contributed by atoms with Gasteiger partial charge in [-0.3, -0.25) is 9.48 Å². The van der Waals surface area contributed by atoms with Crippen LogP contribution in [0.2, 0.25) is 0 Å². The van der Waals surface area contributed by atoms with Crippen molar-refractivity contribution in [1.82, 2.24) is 20.3 Å². The van der Waals surface area contributed by atoms with Crippen molar-refractivity contribution in [2.75, 3.05) is 0 Å². The molecule has 3 rings (SSSR count). The Bertz CT molecular complexity index is 1000. The number of amides is 1. The third-order valence-electron chi connectivity index (χ3n) is 4.99. The maximum atomic E-state index is 12.8. The second-order valence-corrected chi connectivity index (χ2v) is 7.09. The molecule has 1 N–H and O–H groups in total. The molecule has 0 aliphatic carbocycles. The van der Waals surface area contributed by atoms with Gasteiger partial charge in [0.25, 0.3) is 5.91 Å². The third kappa shape index (κ3) is 3.93. The number of carbonyl (C=O) groups is 1. The summed E-state index contributed by atoms with van der Waals surface area (Å²) in [4.78, 5) is 12.8. The van der Waals surface area contributed by atoms with E-state index < -0.39 is 0 Å². The molecule has 1 unspecified atom stereocenters. The predicted molar refractivity (Wildman–Crippen MR) is 105 cm³/mol. The van der Waals surface area contributed by atoms with E-state index in [0.717, 1.165) is 28.1 Å². The van der Waals surface area contributed by atoms with E-state index in [-0.39, 0.29) is 24.2 Å². The van der Waals surface area contributed by atoms with E-state index in [2.05, 4.69) is 15.6 Å². The van der Waals surface area contributed by atoms with Gasteiger partial charge in [-0.2, -0.15) is 5.10 Å². The van der Waals surface area contributed by atoms with E-state index in [9.17, 15) is 4.79 Å². The number of ether oxygens (including phenoxy) is 1. The number of benzene rings is 1. The Kier molecular flexibility index (Phi) is 5.53. The number of carbonyl (C=O) groups excluding carboxylic acids is 1. The average molecular weight is 382 g/mol. The molecule has 1 aromatic carbocycles. The van der Waals surface area contributed by atoms with Crippen LogP contribution in [0.5, 0.6) is 5.75 Å². The van der Waals surface area contributed by atoms with E-state index in [1.165, 1.54) is 0 Å². The second-order valence-electron chi connectivity index (χ2n) is 7.09. The molecule has 28 heavy (non-hydrogen) atoms. The Balaban J connectivity index is 1.75. The van der Waals surface area contributed by atoms with E-state index in [1.807, 2.05) is 59.1 Å². The first-order chi connectivity index (χ1) is 13.3. The molecule has 2 heterocycles. The molecule has 148 valence electrons. The van der Waals surface area contributed by atoms with Crippen LogP contribution in [0.15, 0.2) is 28.9 Å². The SMILES string of the molecule is Cc1cccc(OCc2c(C(=O)NC(C)c3cn(C)nc3C)noc2C)c1C. The van der Waals surface area contributed by atoms with E-state index in [4.69, 9.17) is 9.26 Å². The zero-order valence-corrected chi connectivity index (χ0v) is 17.2. The van der Waals surface area contributed by atoms with Gasteiger partial charge in [0, 0.05) is 18.8 Å². The summed E-state index contributed by atoms with van der Waals surface area (Å²) in [5.74, 6) is 1.05. The molecule has 0 saturated carbocycles. The van der Waals surface area contributed by atoms with Crippen molar-refractivity contribution < 1.29 is 14.1 Å². The Morgan fingerprint density at radius 2 is 2.04 bits per heavy atom. The highest BCUT2D eigenvalue weighted by atomic mass is 16.5. The smallest absolute Gasteiger partial charge is 0.274 e. The molecule has 3 aromatic rings. The van der Waals surface area contributed by atoms with Crippen molar-refractivity contribution in [1.29, 1.82) is 0 Å². The summed E-state index contributed by atoms with van der Waals surface area (Å²) in [5, 5.41) is 11.2. The number of aryl methyl sites for hydroxylation is 4. The van der Waals surface area contributed by atoms with Crippen LogP contribution in [0.4, 0.5) is 0 Å². The van der Waals surface area contributed by atoms with Crippen LogP contribution in [0.1, 0.15) is 57.2 Å². The number of nitrogens with zero attached hydrogens (tertiary/aromatic N) is 3. The zero-order chi connectivity index (χ0) is 20.4. The van der Waals surface area contributed by atoms with Crippen molar-refractivity contribution in [2.24, 2.45) is 7.05 Å². The largest absolute Gasteiger partial charge is 0.488 e. The minimum Gasteiger partial charge on any atom is -0.488 e. The van der Waals surface area contributed by atoms with Crippen LogP contribution in [-0.2, 0) is 13.7 Å². The number of hydrogen-bond acceptors (Lipinski definition) is 5. The fourth-order valence-corrected chi connectivity index (χ4v) is 3.16. The van der Waals surface area contributed by atoms with Crippen molar-refractivity contribution in [3.63, 3.8) is 0 Å². The predicted octanol–water partition coefficient (Wildman–Crippen LogP) is 3.71. The van der Waals surface area contributed by atoms with Gasteiger partial charge in [-0.05, 0) is 51.8 Å². The van der Waals surface area contributed by atoms with E-state index in [0.29, 0.717) is 11.3 Å². The fourth-order valence-electron chi connectivity index (χ4n) is 3.16. The summed E-state index contributed by atoms with van der Waals surface area (Å²) in [6.45, 7) is 9.87. The van der Waals surface area contributed by atoms with Crippen molar-refractivity contribution in [3.8, 4) is 5.75 Å². The highest BCUT2D eigenvalue weighted by molar-refractivity contribution is 5.94. The molecule has 0 spiro atoms. The molecule has 7 nitrogen and oxygen atoms in total. The Morgan fingerprint density at radius 3 is 2.71 bits per heavy atom. The van der Waals surface area contributed by atoms with Crippen LogP contribution >= 0.6 is 0 Å². The Hall–Kier alpha value is -3.09. The lowest BCUT2D eigenvalue weighted by atomic mass is 10.1. The van der Waals surface area contributed by atoms with Gasteiger partial charge in [-0.25, -0.2) is 0 Å². The lowest BCUT2D eigenvalue weighted by Gasteiger charge is -2.13. The van der Waals surface area contributed by atoms with Gasteiger partial charge in [0.1, 0.15) is 18.1 Å². The lowest BCUT2D eigenvalue weighted by Crippen LogP contribution is -2.28. The molecule has 0 aliphatic rings. The van der Waals surface area contributed by atoms with Gasteiger partial charge < -0.3 is 14.6 Å². The van der Waals surface area contributed by atoms with E-state index in [1.54, 1.807) is 11.6 Å². The average Bonchev–Trinajstić information content (AvgIpc) is 3.18. The van der Waals surface area contributed by atoms with Crippen LogP contribution in [0, 0.1) is 27.7 Å². The van der Waals surface area contributed by atoms with Gasteiger partial charge in [0.15, 0.2) is 5.69 Å². The molecular formula is C21H26N4O3. The van der Waals surface area contributed by atoms with Gasteiger partial charge >= 0.3 is 0 Å². The summed E-state index contributed by atoms with van der Waals surface area (Å²) in [5.41, 5.74) is 4.96. The minimum absolute atomic E-state index is 0.203. The first-order valence-electron chi connectivity index (χ1n) is 9.23. The first kappa shape index (κ1) is 19.7. The van der Waals surface area contributed by atoms with Crippen LogP contribution in [0.3, 0.4) is 0 Å². The Morgan fingerprint density at radius 1 is 1.29 bits per heavy atom. The van der Waals surface area contributed by atoms with Crippen LogP contribution in [-0.4, -0.2) is 20.8 Å². The number of hydrogen-bond donors (Lipinski definition) is 1. The summed E-state index contributed by atoms with van der Waals surface area (Å²) < 4.78 is 13.0. The lowest BCUT2D eigenvalue weighted by molar-refractivity contribution is 0.0928. The molecule has 7 heteroatoms. The van der Waals surface area contributed by atoms with Gasteiger partial charge in [0.2, 0.25) is 0 Å². The third-order valence-corrected chi connectivity index (χ3v) is 4.99. The normalized spacial score (nSPS) is 12.1. The molecule has 0 aliphatic heterocycles. The molecule has 0 bridgehead atoms. The monoisotopic (exact) mass is 382 g/mol. The van der Waals surface area contributed by atoms with Gasteiger partial charge in [-0.15, -0.1) is 0 Å². The quantitative estimate of drug-likeness (QED) is 0.703. The van der Waals surface area contributed by atoms with Gasteiger partial charge in [0.05, 0.1) is 17.3 Å². The fraction of sp³-hybridized carbons (Fsp3) is 0.381. The maximum Gasteiger partial charge on any atom is 0.274 e. The van der Waals surface area contributed by atoms with Crippen molar-refractivity contribution in [2.45, 2.75) is 47.3 Å². The molecular weight excluding hydrogens is 356 g/mol. The zero-order valence-electron chi connectivity index (χ0n) is 17.2. The van der Waals surface area contributed by atoms with Crippen molar-refractivity contribution >= 4 is 5.91 Å². The minimum atomic E-state index is -0.299. The van der Waals surface area contributed by atoms with Gasteiger partial charge in [-0.1, -0.05) is 17.3 Å². The summed E-state index contributed by atoms with van der Waals surface area (Å²) in [6, 6.07) is 5.70. The second kappa shape index (κ2) is 7.88.